The molecule has 0 fully saturated rings. The molecule has 0 atom stereocenters. The third kappa shape index (κ3) is 2.83. The van der Waals surface area contributed by atoms with Crippen molar-refractivity contribution in [2.45, 2.75) is 24.8 Å². The van der Waals surface area contributed by atoms with Crippen LogP contribution in [0.15, 0.2) is 58.3 Å². The molecule has 4 aromatic rings. The molecule has 0 bridgehead atoms. The maximum Gasteiger partial charge on any atom is 0.277 e. The molecular formula is C19H17N3OS. The van der Waals surface area contributed by atoms with E-state index in [1.807, 2.05) is 30.5 Å². The molecule has 120 valence electrons. The molecule has 2 heterocycles. The number of thioether (sulfide) groups is 1. The van der Waals surface area contributed by atoms with E-state index in [0.29, 0.717) is 11.1 Å². The van der Waals surface area contributed by atoms with Gasteiger partial charge in [-0.15, -0.1) is 10.2 Å². The Labute approximate surface area is 144 Å². The second kappa shape index (κ2) is 6.17. The highest BCUT2D eigenvalue weighted by Crippen LogP contribution is 2.30. The lowest BCUT2D eigenvalue weighted by molar-refractivity contribution is 0.466. The van der Waals surface area contributed by atoms with Crippen molar-refractivity contribution in [3.8, 4) is 11.5 Å². The second-order valence-electron chi connectivity index (χ2n) is 5.84. The lowest BCUT2D eigenvalue weighted by Gasteiger charge is -2.04. The zero-order valence-electron chi connectivity index (χ0n) is 13.5. The molecule has 2 aromatic heterocycles. The maximum absolute atomic E-state index is 5.85. The average Bonchev–Trinajstić information content (AvgIpc) is 3.22. The van der Waals surface area contributed by atoms with Crippen LogP contribution in [-0.2, 0) is 5.75 Å². The van der Waals surface area contributed by atoms with Crippen LogP contribution in [0.3, 0.4) is 0 Å². The molecule has 24 heavy (non-hydrogen) atoms. The van der Waals surface area contributed by atoms with Gasteiger partial charge in [-0.3, -0.25) is 0 Å². The molecule has 0 saturated carbocycles. The van der Waals surface area contributed by atoms with Gasteiger partial charge >= 0.3 is 0 Å². The smallest absolute Gasteiger partial charge is 0.277 e. The second-order valence-corrected chi connectivity index (χ2v) is 6.77. The third-order valence-corrected chi connectivity index (χ3v) is 4.95. The van der Waals surface area contributed by atoms with E-state index in [1.54, 1.807) is 11.8 Å². The normalized spacial score (nSPS) is 11.2. The van der Waals surface area contributed by atoms with E-state index in [2.05, 4.69) is 47.2 Å². The zero-order chi connectivity index (χ0) is 16.5. The number of hydrogen-bond acceptors (Lipinski definition) is 4. The third-order valence-electron chi connectivity index (χ3n) is 4.08. The summed E-state index contributed by atoms with van der Waals surface area (Å²) in [5.41, 5.74) is 5.85. The highest BCUT2D eigenvalue weighted by molar-refractivity contribution is 7.98. The number of nitrogens with one attached hydrogen (secondary N) is 1. The van der Waals surface area contributed by atoms with Gasteiger partial charge < -0.3 is 9.40 Å². The Bertz CT molecular complexity index is 1000. The predicted molar refractivity (Wildman–Crippen MR) is 97.1 cm³/mol. The summed E-state index contributed by atoms with van der Waals surface area (Å²) < 4.78 is 5.85. The largest absolute Gasteiger partial charge is 0.411 e. The van der Waals surface area contributed by atoms with Crippen LogP contribution >= 0.6 is 11.8 Å². The molecule has 0 aliphatic rings. The van der Waals surface area contributed by atoms with Crippen LogP contribution in [0.4, 0.5) is 0 Å². The number of rotatable bonds is 4. The van der Waals surface area contributed by atoms with Crippen LogP contribution in [0, 0.1) is 13.8 Å². The van der Waals surface area contributed by atoms with Crippen LogP contribution in [0.25, 0.3) is 22.4 Å². The van der Waals surface area contributed by atoms with E-state index in [1.165, 1.54) is 16.7 Å². The first kappa shape index (κ1) is 15.0. The van der Waals surface area contributed by atoms with Crippen molar-refractivity contribution in [1.82, 2.24) is 15.2 Å². The summed E-state index contributed by atoms with van der Waals surface area (Å²) in [6, 6.07) is 14.6. The molecule has 2 aromatic carbocycles. The Balaban J connectivity index is 1.56. The van der Waals surface area contributed by atoms with E-state index in [9.17, 15) is 0 Å². The van der Waals surface area contributed by atoms with Gasteiger partial charge in [0.15, 0.2) is 0 Å². The minimum absolute atomic E-state index is 0.552. The fourth-order valence-electron chi connectivity index (χ4n) is 2.72. The van der Waals surface area contributed by atoms with Crippen molar-refractivity contribution < 1.29 is 4.42 Å². The van der Waals surface area contributed by atoms with Crippen molar-refractivity contribution in [1.29, 1.82) is 0 Å². The van der Waals surface area contributed by atoms with Gasteiger partial charge in [-0.05, 0) is 31.0 Å². The van der Waals surface area contributed by atoms with Crippen molar-refractivity contribution in [2.24, 2.45) is 0 Å². The number of nitrogens with zero attached hydrogens (tertiary/aromatic N) is 2. The molecule has 0 spiro atoms. The van der Waals surface area contributed by atoms with Gasteiger partial charge in [-0.2, -0.15) is 0 Å². The van der Waals surface area contributed by atoms with E-state index < -0.39 is 0 Å². The summed E-state index contributed by atoms with van der Waals surface area (Å²) in [4.78, 5) is 3.23. The zero-order valence-corrected chi connectivity index (χ0v) is 14.4. The van der Waals surface area contributed by atoms with Crippen LogP contribution in [0.2, 0.25) is 0 Å². The Hall–Kier alpha value is -2.53. The molecule has 0 amide bonds. The van der Waals surface area contributed by atoms with Crippen LogP contribution < -0.4 is 0 Å². The van der Waals surface area contributed by atoms with Crippen molar-refractivity contribution >= 4 is 22.7 Å². The summed E-state index contributed by atoms with van der Waals surface area (Å²) in [7, 11) is 0. The number of H-pyrrole nitrogens is 1. The number of aryl methyl sites for hydroxylation is 2. The van der Waals surface area contributed by atoms with E-state index in [-0.39, 0.29) is 0 Å². The Morgan fingerprint density at radius 3 is 2.88 bits per heavy atom. The molecule has 0 aliphatic heterocycles. The Morgan fingerprint density at radius 1 is 1.08 bits per heavy atom. The molecule has 4 rings (SSSR count). The number of hydrogen-bond donors (Lipinski definition) is 1. The lowest BCUT2D eigenvalue weighted by atomic mass is 10.1. The number of aromatic nitrogens is 3. The first-order valence-electron chi connectivity index (χ1n) is 7.79. The molecule has 0 aliphatic carbocycles. The number of benzene rings is 2. The van der Waals surface area contributed by atoms with Crippen LogP contribution in [0.1, 0.15) is 16.7 Å². The molecule has 1 N–H and O–H groups in total. The fourth-order valence-corrected chi connectivity index (χ4v) is 3.55. The minimum Gasteiger partial charge on any atom is -0.411 e. The van der Waals surface area contributed by atoms with Gasteiger partial charge in [-0.1, -0.05) is 53.7 Å². The predicted octanol–water partition coefficient (Wildman–Crippen LogP) is 5.13. The van der Waals surface area contributed by atoms with Gasteiger partial charge in [0.05, 0.1) is 5.56 Å². The molecule has 0 saturated heterocycles. The highest BCUT2D eigenvalue weighted by Gasteiger charge is 2.13. The molecular weight excluding hydrogens is 318 g/mol. The van der Waals surface area contributed by atoms with E-state index in [0.717, 1.165) is 22.2 Å². The SMILES string of the molecule is Cc1ccc(C)c(CSc2nnc(-c3c[nH]c4ccccc34)o2)c1. The average molecular weight is 335 g/mol. The van der Waals surface area contributed by atoms with Crippen LogP contribution in [0.5, 0.6) is 0 Å². The fraction of sp³-hybridized carbons (Fsp3) is 0.158. The number of para-hydroxylation sites is 1. The van der Waals surface area contributed by atoms with E-state index >= 15 is 0 Å². The van der Waals surface area contributed by atoms with Crippen molar-refractivity contribution in [3.05, 3.63) is 65.4 Å². The van der Waals surface area contributed by atoms with Gasteiger partial charge in [0.1, 0.15) is 0 Å². The van der Waals surface area contributed by atoms with Gasteiger partial charge in [0.2, 0.25) is 0 Å². The topological polar surface area (TPSA) is 54.7 Å². The van der Waals surface area contributed by atoms with Crippen molar-refractivity contribution in [3.63, 3.8) is 0 Å². The summed E-state index contributed by atoms with van der Waals surface area (Å²) in [5.74, 6) is 1.37. The van der Waals surface area contributed by atoms with Gasteiger partial charge in [0.25, 0.3) is 11.1 Å². The monoisotopic (exact) mass is 335 g/mol. The maximum atomic E-state index is 5.85. The number of fused-ring (bicyclic) bond motifs is 1. The first-order chi connectivity index (χ1) is 11.7. The Kier molecular flexibility index (Phi) is 3.86. The van der Waals surface area contributed by atoms with Gasteiger partial charge in [-0.25, -0.2) is 0 Å². The van der Waals surface area contributed by atoms with E-state index in [4.69, 9.17) is 4.42 Å². The molecule has 5 heteroatoms. The van der Waals surface area contributed by atoms with Crippen LogP contribution in [-0.4, -0.2) is 15.2 Å². The summed E-state index contributed by atoms with van der Waals surface area (Å²) in [6.45, 7) is 4.23. The number of aromatic amines is 1. The molecule has 4 nitrogen and oxygen atoms in total. The van der Waals surface area contributed by atoms with Crippen molar-refractivity contribution in [2.75, 3.05) is 0 Å². The van der Waals surface area contributed by atoms with Gasteiger partial charge in [0, 0.05) is 22.9 Å². The molecule has 0 radical (unpaired) electrons. The molecule has 0 unspecified atom stereocenters. The standard InChI is InChI=1S/C19H17N3OS/c1-12-7-8-13(2)14(9-12)11-24-19-22-21-18(23-19)16-10-20-17-6-4-3-5-15(16)17/h3-10,20H,11H2,1-2H3. The Morgan fingerprint density at radius 2 is 1.96 bits per heavy atom. The summed E-state index contributed by atoms with van der Waals surface area (Å²) >= 11 is 1.57. The first-order valence-corrected chi connectivity index (χ1v) is 8.78. The minimum atomic E-state index is 0.552. The highest BCUT2D eigenvalue weighted by atomic mass is 32.2. The summed E-state index contributed by atoms with van der Waals surface area (Å²) in [6.07, 6.45) is 1.91. The summed E-state index contributed by atoms with van der Waals surface area (Å²) in [5, 5.41) is 10.1. The quantitative estimate of drug-likeness (QED) is 0.525. The lowest BCUT2D eigenvalue weighted by Crippen LogP contribution is -1.87.